The van der Waals surface area contributed by atoms with Gasteiger partial charge in [0.2, 0.25) is 0 Å². The first-order valence-electron chi connectivity index (χ1n) is 4.64. The molecule has 0 bridgehead atoms. The summed E-state index contributed by atoms with van der Waals surface area (Å²) in [5.74, 6) is 0.637. The highest BCUT2D eigenvalue weighted by Crippen LogP contribution is 2.03. The van der Waals surface area contributed by atoms with E-state index in [0.29, 0.717) is 18.8 Å². The molecule has 0 radical (unpaired) electrons. The van der Waals surface area contributed by atoms with Gasteiger partial charge in [0, 0.05) is 11.6 Å². The number of ketones is 1. The number of hydrogen-bond acceptors (Lipinski definition) is 2. The Labute approximate surface area is 84.9 Å². The van der Waals surface area contributed by atoms with E-state index >= 15 is 0 Å². The van der Waals surface area contributed by atoms with Gasteiger partial charge in [0.25, 0.3) is 0 Å². The Hall–Kier alpha value is -1.51. The van der Waals surface area contributed by atoms with Crippen molar-refractivity contribution < 1.29 is 9.45 Å². The maximum Gasteiger partial charge on any atom is 0.336 e. The Kier molecular flexibility index (Phi) is 3.98. The van der Waals surface area contributed by atoms with Crippen LogP contribution in [0.25, 0.3) is 0 Å². The van der Waals surface area contributed by atoms with Crippen molar-refractivity contribution in [3.63, 3.8) is 0 Å². The maximum absolute atomic E-state index is 11.6. The molecule has 0 N–H and O–H groups in total. The lowest BCUT2D eigenvalue weighted by atomic mass is 10.1. The van der Waals surface area contributed by atoms with Crippen LogP contribution in [0, 0.1) is 0 Å². The molecule has 0 saturated heterocycles. The lowest BCUT2D eigenvalue weighted by Gasteiger charge is -2.01. The highest BCUT2D eigenvalue weighted by atomic mass is 16.4. The van der Waals surface area contributed by atoms with Gasteiger partial charge >= 0.3 is 7.48 Å². The SMILES string of the molecule is CBO/C(C)=C\C(=O)c1ccccc1. The van der Waals surface area contributed by atoms with E-state index in [1.54, 1.807) is 19.1 Å². The van der Waals surface area contributed by atoms with Crippen LogP contribution in [0.3, 0.4) is 0 Å². The Balaban J connectivity index is 2.72. The molecule has 1 aromatic rings. The standard InChI is InChI=1S/C11H13BO2/c1-9(14-12-2)8-11(13)10-6-4-3-5-7-10/h3-8,12H,1-2H3/b9-8-. The van der Waals surface area contributed by atoms with Crippen LogP contribution in [0.2, 0.25) is 6.82 Å². The van der Waals surface area contributed by atoms with Crippen molar-refractivity contribution in [1.29, 1.82) is 0 Å². The molecule has 0 saturated carbocycles. The molecular formula is C11H13BO2. The summed E-state index contributed by atoms with van der Waals surface area (Å²) in [6, 6.07) is 9.15. The van der Waals surface area contributed by atoms with Crippen molar-refractivity contribution in [2.75, 3.05) is 0 Å². The molecular weight excluding hydrogens is 175 g/mol. The van der Waals surface area contributed by atoms with Crippen molar-refractivity contribution in [3.8, 4) is 0 Å². The molecule has 14 heavy (non-hydrogen) atoms. The topological polar surface area (TPSA) is 26.3 Å². The molecule has 0 unspecified atom stereocenters. The number of carbonyl (C=O) groups is 1. The Morgan fingerprint density at radius 3 is 2.57 bits per heavy atom. The zero-order valence-corrected chi connectivity index (χ0v) is 8.49. The van der Waals surface area contributed by atoms with E-state index < -0.39 is 0 Å². The highest BCUT2D eigenvalue weighted by molar-refractivity contribution is 6.25. The molecule has 1 rings (SSSR count). The number of carbonyl (C=O) groups excluding carboxylic acids is 1. The smallest absolute Gasteiger partial charge is 0.336 e. The fourth-order valence-corrected chi connectivity index (χ4v) is 1.14. The fourth-order valence-electron chi connectivity index (χ4n) is 1.14. The minimum Gasteiger partial charge on any atom is -0.568 e. The normalized spacial score (nSPS) is 10.9. The van der Waals surface area contributed by atoms with E-state index in [0.717, 1.165) is 0 Å². The number of allylic oxidation sites excluding steroid dienone is 2. The monoisotopic (exact) mass is 188 g/mol. The molecule has 72 valence electrons. The molecule has 0 spiro atoms. The second-order valence-corrected chi connectivity index (χ2v) is 2.92. The predicted molar refractivity (Wildman–Crippen MR) is 58.6 cm³/mol. The number of benzene rings is 1. The van der Waals surface area contributed by atoms with Crippen LogP contribution in [-0.4, -0.2) is 13.3 Å². The minimum absolute atomic E-state index is 0.0171. The van der Waals surface area contributed by atoms with Gasteiger partial charge in [0.15, 0.2) is 5.78 Å². The van der Waals surface area contributed by atoms with Gasteiger partial charge in [0.05, 0.1) is 5.76 Å². The van der Waals surface area contributed by atoms with Crippen molar-refractivity contribution in [3.05, 3.63) is 47.7 Å². The average Bonchev–Trinajstić information content (AvgIpc) is 2.19. The summed E-state index contributed by atoms with van der Waals surface area (Å²) >= 11 is 0. The third-order valence-electron chi connectivity index (χ3n) is 1.76. The molecule has 0 fully saturated rings. The van der Waals surface area contributed by atoms with E-state index in [9.17, 15) is 4.79 Å². The van der Waals surface area contributed by atoms with Crippen LogP contribution in [0.5, 0.6) is 0 Å². The highest BCUT2D eigenvalue weighted by Gasteiger charge is 2.01. The van der Waals surface area contributed by atoms with Crippen LogP contribution in [0.4, 0.5) is 0 Å². The summed E-state index contributed by atoms with van der Waals surface area (Å²) in [6.45, 7) is 3.68. The second-order valence-electron chi connectivity index (χ2n) is 2.92. The molecule has 0 atom stereocenters. The Morgan fingerprint density at radius 1 is 1.36 bits per heavy atom. The average molecular weight is 188 g/mol. The third-order valence-corrected chi connectivity index (χ3v) is 1.76. The van der Waals surface area contributed by atoms with Gasteiger partial charge in [-0.3, -0.25) is 4.79 Å². The zero-order chi connectivity index (χ0) is 10.4. The summed E-state index contributed by atoms with van der Waals surface area (Å²) in [4.78, 5) is 11.6. The quantitative estimate of drug-likeness (QED) is 0.313. The van der Waals surface area contributed by atoms with Gasteiger partial charge in [-0.2, -0.15) is 0 Å². The molecule has 0 amide bonds. The van der Waals surface area contributed by atoms with Crippen LogP contribution < -0.4 is 0 Å². The van der Waals surface area contributed by atoms with Gasteiger partial charge in [-0.05, 0) is 6.92 Å². The van der Waals surface area contributed by atoms with E-state index in [-0.39, 0.29) is 5.78 Å². The van der Waals surface area contributed by atoms with Crippen LogP contribution in [0.1, 0.15) is 17.3 Å². The summed E-state index contributed by atoms with van der Waals surface area (Å²) in [5, 5.41) is 0. The molecule has 0 heterocycles. The summed E-state index contributed by atoms with van der Waals surface area (Å²) < 4.78 is 5.17. The van der Waals surface area contributed by atoms with Gasteiger partial charge < -0.3 is 4.65 Å². The first kappa shape index (κ1) is 10.6. The van der Waals surface area contributed by atoms with Crippen molar-refractivity contribution in [1.82, 2.24) is 0 Å². The first-order chi connectivity index (χ1) is 6.74. The lowest BCUT2D eigenvalue weighted by molar-refractivity contribution is 0.104. The van der Waals surface area contributed by atoms with E-state index in [1.165, 1.54) is 6.08 Å². The molecule has 0 aliphatic carbocycles. The van der Waals surface area contributed by atoms with Crippen molar-refractivity contribution in [2.24, 2.45) is 0 Å². The second kappa shape index (κ2) is 5.27. The molecule has 2 nitrogen and oxygen atoms in total. The molecule has 0 aliphatic heterocycles. The first-order valence-corrected chi connectivity index (χ1v) is 4.64. The van der Waals surface area contributed by atoms with Gasteiger partial charge in [-0.25, -0.2) is 0 Å². The van der Waals surface area contributed by atoms with Crippen LogP contribution in [-0.2, 0) is 4.65 Å². The lowest BCUT2D eigenvalue weighted by Crippen LogP contribution is -1.98. The largest absolute Gasteiger partial charge is 0.568 e. The van der Waals surface area contributed by atoms with Gasteiger partial charge in [-0.15, -0.1) is 0 Å². The van der Waals surface area contributed by atoms with E-state index in [1.807, 2.05) is 25.0 Å². The fraction of sp³-hybridized carbons (Fsp3) is 0.182. The van der Waals surface area contributed by atoms with Crippen LogP contribution >= 0.6 is 0 Å². The molecule has 0 aliphatic rings. The summed E-state index contributed by atoms with van der Waals surface area (Å²) in [6.07, 6.45) is 1.51. The number of hydrogen-bond donors (Lipinski definition) is 0. The van der Waals surface area contributed by atoms with Crippen molar-refractivity contribution in [2.45, 2.75) is 13.7 Å². The third kappa shape index (κ3) is 3.09. The number of rotatable bonds is 4. The van der Waals surface area contributed by atoms with Gasteiger partial charge in [0.1, 0.15) is 0 Å². The summed E-state index contributed by atoms with van der Waals surface area (Å²) in [7, 11) is 0.588. The Bertz CT molecular complexity index is 330. The zero-order valence-electron chi connectivity index (χ0n) is 8.49. The molecule has 3 heteroatoms. The molecule has 0 aromatic heterocycles. The predicted octanol–water partition coefficient (Wildman–Crippen LogP) is 2.19. The summed E-state index contributed by atoms with van der Waals surface area (Å²) in [5.41, 5.74) is 0.687. The Morgan fingerprint density at radius 2 is 2.00 bits per heavy atom. The van der Waals surface area contributed by atoms with E-state index in [2.05, 4.69) is 0 Å². The minimum atomic E-state index is -0.0171. The molecule has 1 aromatic carbocycles. The van der Waals surface area contributed by atoms with Gasteiger partial charge in [-0.1, -0.05) is 37.2 Å². The van der Waals surface area contributed by atoms with Crippen LogP contribution in [0.15, 0.2) is 42.2 Å². The van der Waals surface area contributed by atoms with Crippen molar-refractivity contribution >= 4 is 13.3 Å². The maximum atomic E-state index is 11.6. The van der Waals surface area contributed by atoms with E-state index in [4.69, 9.17) is 4.65 Å².